The molecule has 2 aromatic carbocycles. The van der Waals surface area contributed by atoms with Gasteiger partial charge in [-0.05, 0) is 49.5 Å². The standard InChI is InChI=1S/C17H18N2O6S/c1-18-26(22,23)14-6-4-13(5-7-14)19-17(21)11-25-15-8-3-12(10-20)9-16(15)24-2/h3-10,18H,11H2,1-2H3,(H,19,21). The third-order valence-corrected chi connectivity index (χ3v) is 4.83. The summed E-state index contributed by atoms with van der Waals surface area (Å²) in [7, 11) is -0.783. The molecule has 26 heavy (non-hydrogen) atoms. The van der Waals surface area contributed by atoms with Crippen LogP contribution in [0.1, 0.15) is 10.4 Å². The predicted molar refractivity (Wildman–Crippen MR) is 95.2 cm³/mol. The molecule has 0 unspecified atom stereocenters. The normalized spacial score (nSPS) is 10.8. The lowest BCUT2D eigenvalue weighted by molar-refractivity contribution is -0.118. The number of amides is 1. The van der Waals surface area contributed by atoms with E-state index in [2.05, 4.69) is 10.0 Å². The number of anilines is 1. The minimum absolute atomic E-state index is 0.0919. The van der Waals surface area contributed by atoms with Gasteiger partial charge in [-0.25, -0.2) is 13.1 Å². The Labute approximate surface area is 151 Å². The van der Waals surface area contributed by atoms with Gasteiger partial charge in [-0.1, -0.05) is 0 Å². The number of benzene rings is 2. The van der Waals surface area contributed by atoms with E-state index in [1.807, 2.05) is 0 Å². The number of hydrogen-bond donors (Lipinski definition) is 2. The Morgan fingerprint density at radius 1 is 1.12 bits per heavy atom. The number of rotatable bonds is 8. The third-order valence-electron chi connectivity index (χ3n) is 3.40. The van der Waals surface area contributed by atoms with Crippen molar-refractivity contribution >= 4 is 27.9 Å². The molecule has 2 N–H and O–H groups in total. The van der Waals surface area contributed by atoms with Crippen molar-refractivity contribution in [1.29, 1.82) is 0 Å². The average molecular weight is 378 g/mol. The Balaban J connectivity index is 1.98. The van der Waals surface area contributed by atoms with Gasteiger partial charge < -0.3 is 14.8 Å². The summed E-state index contributed by atoms with van der Waals surface area (Å²) < 4.78 is 36.0. The molecule has 2 rings (SSSR count). The van der Waals surface area contributed by atoms with Gasteiger partial charge in [0.1, 0.15) is 6.29 Å². The Morgan fingerprint density at radius 2 is 1.81 bits per heavy atom. The van der Waals surface area contributed by atoms with E-state index in [1.165, 1.54) is 50.6 Å². The first-order valence-corrected chi connectivity index (χ1v) is 8.97. The zero-order chi connectivity index (χ0) is 19.2. The number of sulfonamides is 1. The Bertz CT molecular complexity index is 894. The fourth-order valence-electron chi connectivity index (χ4n) is 2.05. The topological polar surface area (TPSA) is 111 Å². The molecule has 0 saturated carbocycles. The zero-order valence-electron chi connectivity index (χ0n) is 14.2. The van der Waals surface area contributed by atoms with Gasteiger partial charge in [0.05, 0.1) is 12.0 Å². The number of nitrogens with one attached hydrogen (secondary N) is 2. The van der Waals surface area contributed by atoms with Crippen LogP contribution in [-0.4, -0.2) is 41.4 Å². The molecule has 0 saturated heterocycles. The van der Waals surface area contributed by atoms with Crippen molar-refractivity contribution in [2.45, 2.75) is 4.90 Å². The zero-order valence-corrected chi connectivity index (χ0v) is 15.0. The van der Waals surface area contributed by atoms with Crippen molar-refractivity contribution in [3.63, 3.8) is 0 Å². The molecular formula is C17H18N2O6S. The fourth-order valence-corrected chi connectivity index (χ4v) is 2.78. The molecule has 0 aliphatic rings. The molecule has 2 aromatic rings. The second-order valence-electron chi connectivity index (χ2n) is 5.10. The summed E-state index contributed by atoms with van der Waals surface area (Å²) in [5.74, 6) is 0.225. The number of methoxy groups -OCH3 is 1. The number of aldehydes is 1. The lowest BCUT2D eigenvalue weighted by Crippen LogP contribution is -2.21. The maximum atomic E-state index is 12.0. The Kier molecular flexibility index (Phi) is 6.31. The smallest absolute Gasteiger partial charge is 0.262 e. The van der Waals surface area contributed by atoms with Gasteiger partial charge in [-0.3, -0.25) is 9.59 Å². The molecule has 0 heterocycles. The van der Waals surface area contributed by atoms with Crippen LogP contribution < -0.4 is 19.5 Å². The van der Waals surface area contributed by atoms with Crippen molar-refractivity contribution in [2.24, 2.45) is 0 Å². The van der Waals surface area contributed by atoms with Crippen molar-refractivity contribution in [3.8, 4) is 11.5 Å². The van der Waals surface area contributed by atoms with Crippen LogP contribution in [-0.2, 0) is 14.8 Å². The average Bonchev–Trinajstić information content (AvgIpc) is 2.66. The Hall–Kier alpha value is -2.91. The summed E-state index contributed by atoms with van der Waals surface area (Å²) in [5, 5.41) is 2.59. The highest BCUT2D eigenvalue weighted by atomic mass is 32.2. The quantitative estimate of drug-likeness (QED) is 0.673. The van der Waals surface area contributed by atoms with E-state index in [1.54, 1.807) is 6.07 Å². The molecule has 0 atom stereocenters. The summed E-state index contributed by atoms with van der Waals surface area (Å²) in [6.45, 7) is -0.284. The first-order valence-electron chi connectivity index (χ1n) is 7.49. The molecule has 9 heteroatoms. The summed E-state index contributed by atoms with van der Waals surface area (Å²) in [5.41, 5.74) is 0.854. The summed E-state index contributed by atoms with van der Waals surface area (Å²) >= 11 is 0. The van der Waals surface area contributed by atoms with Crippen LogP contribution in [0, 0.1) is 0 Å². The van der Waals surface area contributed by atoms with Gasteiger partial charge in [0.15, 0.2) is 18.1 Å². The van der Waals surface area contributed by atoms with Gasteiger partial charge in [-0.15, -0.1) is 0 Å². The third kappa shape index (κ3) is 4.80. The molecule has 138 valence electrons. The van der Waals surface area contributed by atoms with Crippen LogP contribution in [0.5, 0.6) is 11.5 Å². The van der Waals surface area contributed by atoms with E-state index in [9.17, 15) is 18.0 Å². The molecule has 0 bridgehead atoms. The number of carbonyl (C=O) groups excluding carboxylic acids is 2. The van der Waals surface area contributed by atoms with Crippen LogP contribution in [0.2, 0.25) is 0 Å². The van der Waals surface area contributed by atoms with Crippen LogP contribution in [0.3, 0.4) is 0 Å². The predicted octanol–water partition coefficient (Wildman–Crippen LogP) is 1.43. The maximum absolute atomic E-state index is 12.0. The van der Waals surface area contributed by atoms with Crippen molar-refractivity contribution < 1.29 is 27.5 Å². The molecule has 0 radical (unpaired) electrons. The molecule has 0 aliphatic carbocycles. The highest BCUT2D eigenvalue weighted by Crippen LogP contribution is 2.27. The first kappa shape index (κ1) is 19.4. The van der Waals surface area contributed by atoms with Gasteiger partial charge in [0.2, 0.25) is 10.0 Å². The van der Waals surface area contributed by atoms with Crippen molar-refractivity contribution in [2.75, 3.05) is 26.1 Å². The van der Waals surface area contributed by atoms with Crippen LogP contribution in [0.15, 0.2) is 47.4 Å². The number of hydrogen-bond acceptors (Lipinski definition) is 6. The highest BCUT2D eigenvalue weighted by Gasteiger charge is 2.12. The summed E-state index contributed by atoms with van der Waals surface area (Å²) in [6.07, 6.45) is 0.678. The van der Waals surface area contributed by atoms with E-state index in [0.29, 0.717) is 29.0 Å². The molecule has 0 aliphatic heterocycles. The van der Waals surface area contributed by atoms with E-state index >= 15 is 0 Å². The largest absolute Gasteiger partial charge is 0.493 e. The highest BCUT2D eigenvalue weighted by molar-refractivity contribution is 7.89. The number of ether oxygens (including phenoxy) is 2. The molecule has 0 fully saturated rings. The van der Waals surface area contributed by atoms with Gasteiger partial charge >= 0.3 is 0 Å². The van der Waals surface area contributed by atoms with E-state index < -0.39 is 15.9 Å². The van der Waals surface area contributed by atoms with Gasteiger partial charge in [0.25, 0.3) is 5.91 Å². The Morgan fingerprint density at radius 3 is 2.38 bits per heavy atom. The van der Waals surface area contributed by atoms with Crippen molar-refractivity contribution in [1.82, 2.24) is 4.72 Å². The second-order valence-corrected chi connectivity index (χ2v) is 6.98. The molecule has 0 aromatic heterocycles. The molecule has 1 amide bonds. The maximum Gasteiger partial charge on any atom is 0.262 e. The minimum Gasteiger partial charge on any atom is -0.493 e. The second kappa shape index (κ2) is 8.45. The van der Waals surface area contributed by atoms with E-state index in [0.717, 1.165) is 0 Å². The van der Waals surface area contributed by atoms with Crippen LogP contribution in [0.25, 0.3) is 0 Å². The first-order chi connectivity index (χ1) is 12.4. The van der Waals surface area contributed by atoms with Crippen molar-refractivity contribution in [3.05, 3.63) is 48.0 Å². The molecule has 8 nitrogen and oxygen atoms in total. The lowest BCUT2D eigenvalue weighted by atomic mass is 10.2. The number of carbonyl (C=O) groups is 2. The van der Waals surface area contributed by atoms with E-state index in [4.69, 9.17) is 9.47 Å². The van der Waals surface area contributed by atoms with Crippen LogP contribution >= 0.6 is 0 Å². The van der Waals surface area contributed by atoms with Gasteiger partial charge in [0, 0.05) is 11.3 Å². The fraction of sp³-hybridized carbons (Fsp3) is 0.176. The van der Waals surface area contributed by atoms with Gasteiger partial charge in [-0.2, -0.15) is 0 Å². The summed E-state index contributed by atoms with van der Waals surface area (Å²) in [4.78, 5) is 22.8. The molecule has 0 spiro atoms. The monoisotopic (exact) mass is 378 g/mol. The van der Waals surface area contributed by atoms with Crippen LogP contribution in [0.4, 0.5) is 5.69 Å². The minimum atomic E-state index is -3.53. The molecular weight excluding hydrogens is 360 g/mol. The van der Waals surface area contributed by atoms with E-state index in [-0.39, 0.29) is 11.5 Å². The SMILES string of the molecule is CNS(=O)(=O)c1ccc(NC(=O)COc2ccc(C=O)cc2OC)cc1. The lowest BCUT2D eigenvalue weighted by Gasteiger charge is -2.11. The summed E-state index contributed by atoms with van der Waals surface area (Å²) in [6, 6.07) is 10.3.